The minimum absolute atomic E-state index is 0.155. The zero-order valence-corrected chi connectivity index (χ0v) is 8.16. The summed E-state index contributed by atoms with van der Waals surface area (Å²) in [5.74, 6) is 2.78. The van der Waals surface area contributed by atoms with Gasteiger partial charge in [-0.3, -0.25) is 4.57 Å². The molecule has 11 heavy (non-hydrogen) atoms. The Labute approximate surface area is 71.3 Å². The van der Waals surface area contributed by atoms with Crippen molar-refractivity contribution in [3.05, 3.63) is 0 Å². The summed E-state index contributed by atoms with van der Waals surface area (Å²) in [6.07, 6.45) is 8.44. The fraction of sp³-hybridized carbons (Fsp3) is 0.714. The summed E-state index contributed by atoms with van der Waals surface area (Å²) in [7, 11) is 0. The lowest BCUT2D eigenvalue weighted by atomic mass is 10.1. The Morgan fingerprint density at radius 3 is 3.09 bits per heavy atom. The highest BCUT2D eigenvalue weighted by atomic mass is 32.7. The molecule has 1 fully saturated rings. The van der Waals surface area contributed by atoms with Crippen LogP contribution >= 0.6 is 18.0 Å². The summed E-state index contributed by atoms with van der Waals surface area (Å²) in [5, 5.41) is 0. The quantitative estimate of drug-likeness (QED) is 0.468. The fourth-order valence-corrected chi connectivity index (χ4v) is 4.11. The number of terminal acetylenes is 1. The molecule has 0 N–H and O–H groups in total. The largest absolute Gasteiger partial charge is 0.321 e. The van der Waals surface area contributed by atoms with Crippen molar-refractivity contribution in [2.45, 2.75) is 6.42 Å². The molecule has 0 radical (unpaired) electrons. The molecule has 0 amide bonds. The van der Waals surface area contributed by atoms with E-state index < -0.39 is 6.57 Å². The molecular formula is C7H11O2PS. The van der Waals surface area contributed by atoms with E-state index in [9.17, 15) is 4.57 Å². The zero-order chi connectivity index (χ0) is 8.32. The van der Waals surface area contributed by atoms with E-state index in [1.54, 1.807) is 6.26 Å². The van der Waals surface area contributed by atoms with Gasteiger partial charge >= 0.3 is 0 Å². The normalized spacial score (nSPS) is 38.0. The topological polar surface area (TPSA) is 26.3 Å². The molecule has 1 aliphatic rings. The highest BCUT2D eigenvalue weighted by Gasteiger charge is 2.30. The maximum atomic E-state index is 11.6. The number of hydrogen-bond donors (Lipinski definition) is 0. The standard InChI is InChI=1S/C7H11O2PS/c1-3-7-4-5-9-10(8,6-7)11-2/h1,7H,4-6H2,2H3. The molecule has 0 aromatic heterocycles. The second kappa shape index (κ2) is 3.67. The van der Waals surface area contributed by atoms with Crippen molar-refractivity contribution < 1.29 is 9.09 Å². The highest BCUT2D eigenvalue weighted by Crippen LogP contribution is 2.61. The molecule has 0 aromatic carbocycles. The summed E-state index contributed by atoms with van der Waals surface area (Å²) in [6, 6.07) is 0. The van der Waals surface area contributed by atoms with E-state index in [1.165, 1.54) is 11.4 Å². The summed E-state index contributed by atoms with van der Waals surface area (Å²) in [4.78, 5) is 0. The number of hydrogen-bond acceptors (Lipinski definition) is 3. The molecule has 2 unspecified atom stereocenters. The van der Waals surface area contributed by atoms with E-state index in [4.69, 9.17) is 10.9 Å². The summed E-state index contributed by atoms with van der Waals surface area (Å²) in [6.45, 7) is -1.84. The van der Waals surface area contributed by atoms with Gasteiger partial charge in [-0.05, 0) is 12.7 Å². The van der Waals surface area contributed by atoms with Crippen LogP contribution in [0.4, 0.5) is 0 Å². The molecule has 1 rings (SSSR count). The first-order valence-electron chi connectivity index (χ1n) is 3.45. The van der Waals surface area contributed by atoms with Crippen LogP contribution in [-0.4, -0.2) is 19.0 Å². The summed E-state index contributed by atoms with van der Waals surface area (Å²) in [5.41, 5.74) is 0. The van der Waals surface area contributed by atoms with Gasteiger partial charge < -0.3 is 4.52 Å². The van der Waals surface area contributed by atoms with E-state index in [0.29, 0.717) is 12.8 Å². The lowest BCUT2D eigenvalue weighted by Gasteiger charge is -2.24. The van der Waals surface area contributed by atoms with Crippen molar-refractivity contribution in [2.24, 2.45) is 5.92 Å². The van der Waals surface area contributed by atoms with Gasteiger partial charge in [-0.15, -0.1) is 12.3 Å². The Morgan fingerprint density at radius 1 is 1.82 bits per heavy atom. The third-order valence-electron chi connectivity index (χ3n) is 1.71. The van der Waals surface area contributed by atoms with Crippen LogP contribution in [-0.2, 0) is 9.09 Å². The minimum Gasteiger partial charge on any atom is -0.321 e. The zero-order valence-electron chi connectivity index (χ0n) is 6.45. The second-order valence-electron chi connectivity index (χ2n) is 2.46. The third-order valence-corrected chi connectivity index (χ3v) is 6.16. The Kier molecular flexibility index (Phi) is 3.06. The van der Waals surface area contributed by atoms with Crippen LogP contribution < -0.4 is 0 Å². The van der Waals surface area contributed by atoms with Gasteiger partial charge in [0.2, 0.25) is 0 Å². The first-order valence-corrected chi connectivity index (χ1v) is 7.09. The van der Waals surface area contributed by atoms with E-state index in [-0.39, 0.29) is 5.92 Å². The molecule has 0 saturated carbocycles. The Balaban J connectivity index is 2.61. The molecule has 0 aromatic rings. The molecule has 1 heterocycles. The maximum absolute atomic E-state index is 11.6. The first kappa shape index (κ1) is 9.19. The molecule has 2 nitrogen and oxygen atoms in total. The first-order chi connectivity index (χ1) is 5.20. The van der Waals surface area contributed by atoms with E-state index in [1.807, 2.05) is 0 Å². The molecule has 0 spiro atoms. The van der Waals surface area contributed by atoms with Crippen molar-refractivity contribution in [1.29, 1.82) is 0 Å². The van der Waals surface area contributed by atoms with Gasteiger partial charge in [0.15, 0.2) is 0 Å². The smallest absolute Gasteiger partial charge is 0.258 e. The third kappa shape index (κ3) is 2.27. The van der Waals surface area contributed by atoms with Gasteiger partial charge in [-0.25, -0.2) is 0 Å². The van der Waals surface area contributed by atoms with Gasteiger partial charge in [-0.1, -0.05) is 11.4 Å². The van der Waals surface area contributed by atoms with Gasteiger partial charge in [0.1, 0.15) is 0 Å². The van der Waals surface area contributed by atoms with Crippen LogP contribution in [0.15, 0.2) is 0 Å². The number of rotatable bonds is 1. The molecule has 0 bridgehead atoms. The van der Waals surface area contributed by atoms with E-state index in [0.717, 1.165) is 6.42 Å². The van der Waals surface area contributed by atoms with Crippen molar-refractivity contribution in [2.75, 3.05) is 19.0 Å². The molecule has 4 heteroatoms. The molecule has 0 aliphatic carbocycles. The van der Waals surface area contributed by atoms with E-state index >= 15 is 0 Å². The minimum atomic E-state index is -2.39. The summed E-state index contributed by atoms with van der Waals surface area (Å²) >= 11 is 1.30. The van der Waals surface area contributed by atoms with Crippen molar-refractivity contribution in [1.82, 2.24) is 0 Å². The Hall–Kier alpha value is 0.100. The predicted molar refractivity (Wildman–Crippen MR) is 48.9 cm³/mol. The predicted octanol–water partition coefficient (Wildman–Crippen LogP) is 2.21. The second-order valence-corrected chi connectivity index (χ2v) is 7.44. The van der Waals surface area contributed by atoms with Crippen LogP contribution in [0.25, 0.3) is 0 Å². The van der Waals surface area contributed by atoms with Crippen molar-refractivity contribution in [3.63, 3.8) is 0 Å². The van der Waals surface area contributed by atoms with Gasteiger partial charge in [0, 0.05) is 12.1 Å². The van der Waals surface area contributed by atoms with Crippen LogP contribution in [0.1, 0.15) is 6.42 Å². The molecule has 62 valence electrons. The van der Waals surface area contributed by atoms with Crippen molar-refractivity contribution in [3.8, 4) is 12.3 Å². The molecule has 1 aliphatic heterocycles. The SMILES string of the molecule is C#CC1CCOP(=O)(SC)C1. The van der Waals surface area contributed by atoms with E-state index in [2.05, 4.69) is 5.92 Å². The van der Waals surface area contributed by atoms with Gasteiger partial charge in [-0.2, -0.15) is 0 Å². The molecular weight excluding hydrogens is 179 g/mol. The fourth-order valence-electron chi connectivity index (χ4n) is 1.01. The average molecular weight is 190 g/mol. The monoisotopic (exact) mass is 190 g/mol. The van der Waals surface area contributed by atoms with Crippen molar-refractivity contribution >= 4 is 18.0 Å². The van der Waals surface area contributed by atoms with Gasteiger partial charge in [0.05, 0.1) is 6.61 Å². The Bertz CT molecular complexity index is 221. The van der Waals surface area contributed by atoms with Crippen LogP contribution in [0, 0.1) is 18.3 Å². The van der Waals surface area contributed by atoms with Crippen LogP contribution in [0.5, 0.6) is 0 Å². The molecule has 1 saturated heterocycles. The molecule has 2 atom stereocenters. The maximum Gasteiger partial charge on any atom is 0.258 e. The van der Waals surface area contributed by atoms with Crippen LogP contribution in [0.2, 0.25) is 0 Å². The average Bonchev–Trinajstić information content (AvgIpc) is 2.05. The lowest BCUT2D eigenvalue weighted by Crippen LogP contribution is -2.14. The lowest BCUT2D eigenvalue weighted by molar-refractivity contribution is 0.281. The van der Waals surface area contributed by atoms with Gasteiger partial charge in [0.25, 0.3) is 6.57 Å². The highest BCUT2D eigenvalue weighted by molar-refractivity contribution is 8.56. The van der Waals surface area contributed by atoms with Crippen LogP contribution in [0.3, 0.4) is 0 Å². The summed E-state index contributed by atoms with van der Waals surface area (Å²) < 4.78 is 16.8. The Morgan fingerprint density at radius 2 is 2.55 bits per heavy atom.